The Kier molecular flexibility index (Phi) is 3.25. The molecule has 0 bridgehead atoms. The summed E-state index contributed by atoms with van der Waals surface area (Å²) in [5.41, 5.74) is -0.694. The molecule has 0 amide bonds. The van der Waals surface area contributed by atoms with Crippen LogP contribution in [0.5, 0.6) is 5.75 Å². The fraction of sp³-hybridized carbons (Fsp3) is 0.364. The highest BCUT2D eigenvalue weighted by molar-refractivity contribution is 5.24. The van der Waals surface area contributed by atoms with E-state index in [0.717, 1.165) is 12.1 Å². The van der Waals surface area contributed by atoms with Gasteiger partial charge in [0, 0.05) is 6.07 Å². The quantitative estimate of drug-likeness (QED) is 0.770. The number of halogens is 2. The van der Waals surface area contributed by atoms with Crippen LogP contribution in [0, 0.1) is 28.4 Å². The third-order valence-electron chi connectivity index (χ3n) is 1.79. The molecule has 0 unspecified atom stereocenters. The van der Waals surface area contributed by atoms with E-state index in [9.17, 15) is 8.78 Å². The van der Waals surface area contributed by atoms with Gasteiger partial charge < -0.3 is 4.74 Å². The van der Waals surface area contributed by atoms with Gasteiger partial charge in [-0.3, -0.25) is 0 Å². The molecule has 0 saturated carbocycles. The molecule has 0 aromatic heterocycles. The summed E-state index contributed by atoms with van der Waals surface area (Å²) >= 11 is 0. The Morgan fingerprint density at radius 3 is 2.60 bits per heavy atom. The molecule has 0 N–H and O–H groups in total. The van der Waals surface area contributed by atoms with E-state index in [2.05, 4.69) is 0 Å². The van der Waals surface area contributed by atoms with Gasteiger partial charge in [0.2, 0.25) is 0 Å². The van der Waals surface area contributed by atoms with E-state index in [1.165, 1.54) is 6.07 Å². The van der Waals surface area contributed by atoms with Crippen LogP contribution >= 0.6 is 0 Å². The van der Waals surface area contributed by atoms with Crippen LogP contribution in [-0.2, 0) is 0 Å². The zero-order valence-corrected chi connectivity index (χ0v) is 8.55. The summed E-state index contributed by atoms with van der Waals surface area (Å²) in [6, 6.07) is 5.08. The lowest BCUT2D eigenvalue weighted by atomic mass is 9.98. The summed E-state index contributed by atoms with van der Waals surface area (Å²) in [6.45, 7) is 3.41. The van der Waals surface area contributed by atoms with Gasteiger partial charge in [0.05, 0.1) is 11.5 Å². The van der Waals surface area contributed by atoms with Gasteiger partial charge in [-0.1, -0.05) is 0 Å². The van der Waals surface area contributed by atoms with Crippen LogP contribution in [-0.4, -0.2) is 6.61 Å². The second-order valence-electron chi connectivity index (χ2n) is 3.86. The number of hydrogen-bond donors (Lipinski definition) is 0. The first kappa shape index (κ1) is 11.4. The predicted molar refractivity (Wildman–Crippen MR) is 51.2 cm³/mol. The van der Waals surface area contributed by atoms with Gasteiger partial charge in [-0.15, -0.1) is 0 Å². The highest BCUT2D eigenvalue weighted by Gasteiger charge is 2.18. The van der Waals surface area contributed by atoms with Gasteiger partial charge in [0.1, 0.15) is 12.4 Å². The summed E-state index contributed by atoms with van der Waals surface area (Å²) < 4.78 is 30.7. The molecule has 0 heterocycles. The van der Waals surface area contributed by atoms with E-state index < -0.39 is 17.0 Å². The van der Waals surface area contributed by atoms with Gasteiger partial charge in [-0.05, 0) is 26.0 Å². The second kappa shape index (κ2) is 4.26. The predicted octanol–water partition coefficient (Wildman–Crippen LogP) is 2.89. The molecule has 0 aliphatic carbocycles. The highest BCUT2D eigenvalue weighted by Crippen LogP contribution is 2.21. The zero-order chi connectivity index (χ0) is 11.5. The van der Waals surface area contributed by atoms with Gasteiger partial charge in [-0.25, -0.2) is 8.78 Å². The third-order valence-corrected chi connectivity index (χ3v) is 1.79. The van der Waals surface area contributed by atoms with Crippen molar-refractivity contribution in [2.75, 3.05) is 6.61 Å². The van der Waals surface area contributed by atoms with Gasteiger partial charge in [-0.2, -0.15) is 5.26 Å². The van der Waals surface area contributed by atoms with Gasteiger partial charge in [0.25, 0.3) is 0 Å². The van der Waals surface area contributed by atoms with Crippen LogP contribution in [0.4, 0.5) is 8.78 Å². The normalized spacial score (nSPS) is 10.9. The van der Waals surface area contributed by atoms with E-state index >= 15 is 0 Å². The molecule has 0 fully saturated rings. The lowest BCUT2D eigenvalue weighted by Crippen LogP contribution is -2.19. The van der Waals surface area contributed by atoms with Crippen molar-refractivity contribution < 1.29 is 13.5 Å². The topological polar surface area (TPSA) is 33.0 Å². The Labute approximate surface area is 87.1 Å². The molecule has 0 aliphatic heterocycles. The number of hydrogen-bond acceptors (Lipinski definition) is 2. The monoisotopic (exact) mass is 211 g/mol. The van der Waals surface area contributed by atoms with Gasteiger partial charge in [0.15, 0.2) is 11.6 Å². The average Bonchev–Trinajstić information content (AvgIpc) is 2.16. The molecular formula is C11H11F2NO. The maximum atomic E-state index is 13.1. The largest absolute Gasteiger partial charge is 0.489 e. The van der Waals surface area contributed by atoms with E-state index in [4.69, 9.17) is 10.00 Å². The molecule has 1 aromatic rings. The lowest BCUT2D eigenvalue weighted by Gasteiger charge is -2.16. The van der Waals surface area contributed by atoms with E-state index in [0.29, 0.717) is 0 Å². The molecule has 1 aromatic carbocycles. The lowest BCUT2D eigenvalue weighted by molar-refractivity contribution is 0.218. The Morgan fingerprint density at radius 1 is 1.40 bits per heavy atom. The molecule has 80 valence electrons. The fourth-order valence-electron chi connectivity index (χ4n) is 0.883. The minimum Gasteiger partial charge on any atom is -0.489 e. The smallest absolute Gasteiger partial charge is 0.167 e. The van der Waals surface area contributed by atoms with Crippen molar-refractivity contribution in [1.82, 2.24) is 0 Å². The SMILES string of the molecule is CC(C)(C#N)COc1ccc(F)cc1F. The number of nitrogens with zero attached hydrogens (tertiary/aromatic N) is 1. The molecule has 0 spiro atoms. The summed E-state index contributed by atoms with van der Waals surface area (Å²) in [4.78, 5) is 0. The standard InChI is InChI=1S/C11H11F2NO/c1-11(2,6-14)7-15-10-4-3-8(12)5-9(10)13/h3-5H,7H2,1-2H3. The summed E-state index contributed by atoms with van der Waals surface area (Å²) in [6.07, 6.45) is 0. The Morgan fingerprint density at radius 2 is 2.07 bits per heavy atom. The van der Waals surface area contributed by atoms with Gasteiger partial charge >= 0.3 is 0 Å². The van der Waals surface area contributed by atoms with Crippen LogP contribution in [0.1, 0.15) is 13.8 Å². The van der Waals surface area contributed by atoms with Crippen LogP contribution in [0.2, 0.25) is 0 Å². The van der Waals surface area contributed by atoms with Crippen LogP contribution in [0.25, 0.3) is 0 Å². The highest BCUT2D eigenvalue weighted by atomic mass is 19.1. The van der Waals surface area contributed by atoms with E-state index in [1.54, 1.807) is 13.8 Å². The van der Waals surface area contributed by atoms with Crippen molar-refractivity contribution in [1.29, 1.82) is 5.26 Å². The summed E-state index contributed by atoms with van der Waals surface area (Å²) in [7, 11) is 0. The van der Waals surface area contributed by atoms with Crippen molar-refractivity contribution in [3.05, 3.63) is 29.8 Å². The summed E-state index contributed by atoms with van der Waals surface area (Å²) in [5, 5.41) is 8.70. The molecule has 1 rings (SSSR count). The Hall–Kier alpha value is -1.63. The number of benzene rings is 1. The molecule has 0 aliphatic rings. The first-order valence-electron chi connectivity index (χ1n) is 4.44. The first-order chi connectivity index (χ1) is 6.94. The van der Waals surface area contributed by atoms with Crippen LogP contribution in [0.15, 0.2) is 18.2 Å². The average molecular weight is 211 g/mol. The fourth-order valence-corrected chi connectivity index (χ4v) is 0.883. The molecule has 15 heavy (non-hydrogen) atoms. The Balaban J connectivity index is 2.71. The summed E-state index contributed by atoms with van der Waals surface area (Å²) in [5.74, 6) is -1.46. The Bertz CT molecular complexity index is 396. The zero-order valence-electron chi connectivity index (χ0n) is 8.55. The van der Waals surface area contributed by atoms with Crippen molar-refractivity contribution in [3.63, 3.8) is 0 Å². The second-order valence-corrected chi connectivity index (χ2v) is 3.86. The molecule has 0 saturated heterocycles. The van der Waals surface area contributed by atoms with Crippen LogP contribution in [0.3, 0.4) is 0 Å². The molecule has 2 nitrogen and oxygen atoms in total. The van der Waals surface area contributed by atoms with Crippen molar-refractivity contribution in [3.8, 4) is 11.8 Å². The third kappa shape index (κ3) is 3.21. The maximum absolute atomic E-state index is 13.1. The minimum absolute atomic E-state index is 0.0419. The number of rotatable bonds is 3. The first-order valence-corrected chi connectivity index (χ1v) is 4.44. The maximum Gasteiger partial charge on any atom is 0.167 e. The van der Waals surface area contributed by atoms with E-state index in [-0.39, 0.29) is 12.4 Å². The van der Waals surface area contributed by atoms with Crippen molar-refractivity contribution >= 4 is 0 Å². The number of ether oxygens (including phenoxy) is 1. The van der Waals surface area contributed by atoms with Crippen LogP contribution < -0.4 is 4.74 Å². The number of nitriles is 1. The molecular weight excluding hydrogens is 200 g/mol. The van der Waals surface area contributed by atoms with Crippen molar-refractivity contribution in [2.45, 2.75) is 13.8 Å². The minimum atomic E-state index is -0.760. The molecule has 4 heteroatoms. The van der Waals surface area contributed by atoms with Crippen molar-refractivity contribution in [2.24, 2.45) is 5.41 Å². The molecule has 0 atom stereocenters. The molecule has 0 radical (unpaired) electrons. The van der Waals surface area contributed by atoms with E-state index in [1.807, 2.05) is 6.07 Å².